The van der Waals surface area contributed by atoms with E-state index in [2.05, 4.69) is 0 Å². The topological polar surface area (TPSA) is 163 Å². The van der Waals surface area contributed by atoms with Crippen molar-refractivity contribution in [1.29, 1.82) is 0 Å². The van der Waals surface area contributed by atoms with Crippen LogP contribution in [0.2, 0.25) is 0 Å². The number of hydrogen-bond acceptors (Lipinski definition) is 6. The third-order valence-electron chi connectivity index (χ3n) is 4.12. The Kier molecular flexibility index (Phi) is 14.0. The van der Waals surface area contributed by atoms with Gasteiger partial charge in [-0.2, -0.15) is 0 Å². The predicted molar refractivity (Wildman–Crippen MR) is 135 cm³/mol. The van der Waals surface area contributed by atoms with E-state index in [-0.39, 0.29) is 103 Å². The van der Waals surface area contributed by atoms with Crippen LogP contribution >= 0.6 is 0 Å². The molecule has 34 heavy (non-hydrogen) atoms. The number of hydrogen-bond donors (Lipinski definition) is 3. The van der Waals surface area contributed by atoms with Crippen LogP contribution in [-0.4, -0.2) is 142 Å². The Hall–Kier alpha value is 0.948. The Balaban J connectivity index is 0.00000363. The summed E-state index contributed by atoms with van der Waals surface area (Å²) in [6.45, 7) is 0. The van der Waals surface area contributed by atoms with Crippen molar-refractivity contribution in [2.24, 2.45) is 0 Å². The summed E-state index contributed by atoms with van der Waals surface area (Å²) in [5.74, 6) is 0. The Morgan fingerprint density at radius 3 is 0.912 bits per heavy atom. The van der Waals surface area contributed by atoms with E-state index in [1.54, 1.807) is 18.2 Å². The average molecular weight is 618 g/mol. The summed E-state index contributed by atoms with van der Waals surface area (Å²) >= 11 is -2.83. The molecule has 0 aromatic heterocycles. The number of rotatable bonds is 6. The third-order valence-corrected chi connectivity index (χ3v) is 11.7. The summed E-state index contributed by atoms with van der Waals surface area (Å²) in [7, 11) is -13.6. The van der Waals surface area contributed by atoms with Gasteiger partial charge in [-0.3, -0.25) is 0 Å². The molecule has 9 nitrogen and oxygen atoms in total. The molecule has 0 aliphatic rings. The molecule has 16 heteroatoms. The van der Waals surface area contributed by atoms with E-state index in [9.17, 15) is 38.9 Å². The van der Waals surface area contributed by atoms with Gasteiger partial charge in [0.15, 0.2) is 0 Å². The first-order chi connectivity index (χ1) is 14.3. The van der Waals surface area contributed by atoms with Crippen molar-refractivity contribution in [1.82, 2.24) is 0 Å². The summed E-state index contributed by atoms with van der Waals surface area (Å²) in [5.41, 5.74) is 0. The van der Waals surface area contributed by atoms with Gasteiger partial charge in [0.2, 0.25) is 0 Å². The molecule has 0 aliphatic heterocycles. The Labute approximate surface area is 269 Å². The van der Waals surface area contributed by atoms with Crippen molar-refractivity contribution in [3.8, 4) is 0 Å². The predicted octanol–water partition coefficient (Wildman–Crippen LogP) is -2.00. The molecule has 170 valence electrons. The van der Waals surface area contributed by atoms with Crippen LogP contribution in [0.5, 0.6) is 0 Å². The summed E-state index contributed by atoms with van der Waals surface area (Å²) in [6, 6.07) is 16.0. The molecule has 0 aliphatic carbocycles. The van der Waals surface area contributed by atoms with E-state index in [0.29, 0.717) is 13.1 Å². The normalized spacial score (nSPS) is 11.6. The van der Waals surface area contributed by atoms with Gasteiger partial charge in [-0.1, -0.05) is 0 Å². The van der Waals surface area contributed by atoms with Gasteiger partial charge in [-0.25, -0.2) is 0 Å². The zero-order chi connectivity index (χ0) is 23.0. The first-order valence-electron chi connectivity index (χ1n) is 8.30. The summed E-state index contributed by atoms with van der Waals surface area (Å²) < 4.78 is 99.1. The fourth-order valence-corrected chi connectivity index (χ4v) is 9.99. The van der Waals surface area contributed by atoms with E-state index in [1.807, 2.05) is 0 Å². The summed E-state index contributed by atoms with van der Waals surface area (Å²) in [5, 5.41) is 0. The quantitative estimate of drug-likeness (QED) is 0.210. The van der Waals surface area contributed by atoms with Crippen molar-refractivity contribution in [2.75, 3.05) is 0 Å². The maximum absolute atomic E-state index is 11.6. The Bertz CT molecular complexity index is 1300. The van der Waals surface area contributed by atoms with Crippen LogP contribution in [0.15, 0.2) is 87.5 Å². The Morgan fingerprint density at radius 1 is 0.471 bits per heavy atom. The molecule has 3 N–H and O–H groups in total. The van der Waals surface area contributed by atoms with Crippen molar-refractivity contribution < 1.29 is 38.9 Å². The molecular weight excluding hydrogens is 600 g/mol. The first-order valence-corrected chi connectivity index (χ1v) is 15.4. The van der Waals surface area contributed by atoms with E-state index < -0.39 is 45.0 Å². The maximum atomic E-state index is 11.6. The molecule has 0 radical (unpaired) electrons. The fraction of sp³-hybridized carbons (Fsp3) is 0. The first kappa shape index (κ1) is 34.9. The second kappa shape index (κ2) is 13.7. The monoisotopic (exact) mass is 618 g/mol. The van der Waals surface area contributed by atoms with Gasteiger partial charge in [0, 0.05) is 0 Å². The zero-order valence-corrected chi connectivity index (χ0v) is 19.7. The van der Waals surface area contributed by atoms with Crippen LogP contribution in [0, 0.1) is 0 Å². The van der Waals surface area contributed by atoms with Crippen LogP contribution in [0.1, 0.15) is 0 Å². The van der Waals surface area contributed by atoms with E-state index in [4.69, 9.17) is 0 Å². The van der Waals surface area contributed by atoms with Gasteiger partial charge in [0.25, 0.3) is 0 Å². The molecule has 0 saturated heterocycles. The van der Waals surface area contributed by atoms with E-state index in [1.165, 1.54) is 54.6 Å². The van der Waals surface area contributed by atoms with Crippen LogP contribution in [0.25, 0.3) is 0 Å². The second-order valence-electron chi connectivity index (χ2n) is 6.25. The molecule has 0 amide bonds. The number of benzene rings is 3. The second-order valence-corrected chi connectivity index (χ2v) is 15.2. The van der Waals surface area contributed by atoms with E-state index >= 15 is 0 Å². The van der Waals surface area contributed by atoms with Crippen molar-refractivity contribution in [3.05, 3.63) is 72.8 Å². The van der Waals surface area contributed by atoms with Gasteiger partial charge in [-0.05, 0) is 0 Å². The van der Waals surface area contributed by atoms with Crippen molar-refractivity contribution in [2.45, 2.75) is 14.7 Å². The minimum atomic E-state index is -4.53. The van der Waals surface area contributed by atoms with Gasteiger partial charge < -0.3 is 0 Å². The van der Waals surface area contributed by atoms with E-state index in [0.717, 1.165) is 0 Å². The molecular formula is C18H18AsNa3O9S3. The van der Waals surface area contributed by atoms with Crippen LogP contribution in [0.4, 0.5) is 0 Å². The average Bonchev–Trinajstić information content (AvgIpc) is 2.67. The molecule has 3 aromatic rings. The van der Waals surface area contributed by atoms with Crippen LogP contribution in [0.3, 0.4) is 0 Å². The SMILES string of the molecule is O=S(=O)(O)c1cccc([As](c2cccc(S(=O)(=O)O)c2)c2cccc(S(=O)(=O)O)c2)c1.[NaH].[NaH].[NaH]. The molecule has 0 spiro atoms. The third kappa shape index (κ3) is 9.05. The van der Waals surface area contributed by atoms with Gasteiger partial charge in [-0.15, -0.1) is 0 Å². The van der Waals surface area contributed by atoms with Gasteiger partial charge in [0.1, 0.15) is 0 Å². The molecule has 3 rings (SSSR count). The summed E-state index contributed by atoms with van der Waals surface area (Å²) in [6.07, 6.45) is 0. The molecule has 0 unspecified atom stereocenters. The standard InChI is InChI=1S/C18H15AsO9S3.3Na.3H/c20-29(21,22)16-7-1-4-13(10-16)19(14-5-2-8-17(11-14)30(23,24)25)15-6-3-9-18(12-15)31(26,27)28;;;;;;/h1-12H,(H,20,21,22)(H,23,24,25)(H,26,27,28);;;;;;. The zero-order valence-electron chi connectivity index (χ0n) is 15.4. The minimum absolute atomic E-state index is 0. The molecule has 0 saturated carbocycles. The van der Waals surface area contributed by atoms with Crippen LogP contribution in [-0.2, 0) is 30.4 Å². The molecule has 0 heterocycles. The van der Waals surface area contributed by atoms with Gasteiger partial charge in [0.05, 0.1) is 0 Å². The van der Waals surface area contributed by atoms with Crippen molar-refractivity contribution in [3.63, 3.8) is 0 Å². The van der Waals surface area contributed by atoms with Crippen molar-refractivity contribution >= 4 is 147 Å². The van der Waals surface area contributed by atoms with Gasteiger partial charge >= 0.3 is 273 Å². The molecule has 3 aromatic carbocycles. The Morgan fingerprint density at radius 2 is 0.706 bits per heavy atom. The molecule has 0 atom stereocenters. The van der Waals surface area contributed by atoms with Crippen LogP contribution < -0.4 is 13.1 Å². The fourth-order valence-electron chi connectivity index (χ4n) is 2.80. The molecule has 0 fully saturated rings. The molecule has 0 bridgehead atoms. The summed E-state index contributed by atoms with van der Waals surface area (Å²) in [4.78, 5) is -1.16.